The van der Waals surface area contributed by atoms with Crippen LogP contribution in [0, 0.1) is 17.2 Å². The highest BCUT2D eigenvalue weighted by atomic mass is 35.5. The molecule has 0 bridgehead atoms. The smallest absolute Gasteiger partial charge is 0.224 e. The van der Waals surface area contributed by atoms with Crippen LogP contribution < -0.4 is 5.32 Å². The number of nitrogens with zero attached hydrogens (tertiary/aromatic N) is 1. The first-order valence-corrected chi connectivity index (χ1v) is 6.45. The van der Waals surface area contributed by atoms with Crippen LogP contribution in [-0.4, -0.2) is 5.91 Å². The Kier molecular flexibility index (Phi) is 5.67. The Morgan fingerprint density at radius 3 is 2.61 bits per heavy atom. The monoisotopic (exact) mass is 264 g/mol. The molecule has 96 valence electrons. The van der Waals surface area contributed by atoms with Crippen molar-refractivity contribution >= 4 is 17.5 Å². The molecule has 4 heteroatoms. The van der Waals surface area contributed by atoms with Gasteiger partial charge in [-0.25, -0.2) is 0 Å². The summed E-state index contributed by atoms with van der Waals surface area (Å²) in [6.45, 7) is 3.93. The van der Waals surface area contributed by atoms with E-state index in [1.807, 2.05) is 13.8 Å². The van der Waals surface area contributed by atoms with Gasteiger partial charge >= 0.3 is 0 Å². The Hall–Kier alpha value is -1.53. The summed E-state index contributed by atoms with van der Waals surface area (Å²) >= 11 is 5.88. The predicted octanol–water partition coefficient (Wildman–Crippen LogP) is 3.46. The minimum atomic E-state index is -0.642. The lowest BCUT2D eigenvalue weighted by Gasteiger charge is -2.17. The fourth-order valence-electron chi connectivity index (χ4n) is 1.80. The van der Waals surface area contributed by atoms with Gasteiger partial charge in [0.1, 0.15) is 6.04 Å². The van der Waals surface area contributed by atoms with E-state index >= 15 is 0 Å². The largest absolute Gasteiger partial charge is 0.336 e. The van der Waals surface area contributed by atoms with E-state index in [4.69, 9.17) is 16.9 Å². The van der Waals surface area contributed by atoms with Crippen molar-refractivity contribution in [2.24, 2.45) is 5.92 Å². The number of carbonyl (C=O) groups excluding carboxylic acids is 1. The van der Waals surface area contributed by atoms with Crippen LogP contribution in [0.2, 0.25) is 5.02 Å². The topological polar surface area (TPSA) is 52.9 Å². The molecule has 18 heavy (non-hydrogen) atoms. The number of nitriles is 1. The van der Waals surface area contributed by atoms with Crippen LogP contribution in [0.4, 0.5) is 0 Å². The zero-order valence-electron chi connectivity index (χ0n) is 10.6. The normalized spacial score (nSPS) is 11.9. The van der Waals surface area contributed by atoms with E-state index in [1.54, 1.807) is 24.3 Å². The van der Waals surface area contributed by atoms with Crippen LogP contribution in [0.15, 0.2) is 24.3 Å². The van der Waals surface area contributed by atoms with E-state index in [0.717, 1.165) is 12.8 Å². The molecule has 3 nitrogen and oxygen atoms in total. The third kappa shape index (κ3) is 3.75. The van der Waals surface area contributed by atoms with Crippen molar-refractivity contribution in [2.45, 2.75) is 32.7 Å². The second kappa shape index (κ2) is 7.03. The maximum Gasteiger partial charge on any atom is 0.224 e. The third-order valence-electron chi connectivity index (χ3n) is 2.95. The van der Waals surface area contributed by atoms with Crippen LogP contribution in [-0.2, 0) is 4.79 Å². The number of carbonyl (C=O) groups is 1. The number of benzene rings is 1. The number of nitrogens with one attached hydrogen (secondary N) is 1. The van der Waals surface area contributed by atoms with Gasteiger partial charge in [0.15, 0.2) is 0 Å². The van der Waals surface area contributed by atoms with Crippen LogP contribution in [0.5, 0.6) is 0 Å². The van der Waals surface area contributed by atoms with Gasteiger partial charge in [0.25, 0.3) is 0 Å². The maximum atomic E-state index is 11.9. The first kappa shape index (κ1) is 14.5. The molecule has 1 amide bonds. The minimum Gasteiger partial charge on any atom is -0.336 e. The number of rotatable bonds is 5. The zero-order chi connectivity index (χ0) is 13.5. The molecule has 0 radical (unpaired) electrons. The highest BCUT2D eigenvalue weighted by Gasteiger charge is 2.19. The molecule has 0 aliphatic heterocycles. The first-order chi connectivity index (χ1) is 8.62. The Balaban J connectivity index is 2.80. The van der Waals surface area contributed by atoms with E-state index in [0.29, 0.717) is 10.6 Å². The molecule has 0 aromatic heterocycles. The average molecular weight is 265 g/mol. The zero-order valence-corrected chi connectivity index (χ0v) is 11.4. The second-order valence-corrected chi connectivity index (χ2v) is 4.58. The van der Waals surface area contributed by atoms with Crippen molar-refractivity contribution in [3.8, 4) is 6.07 Å². The van der Waals surface area contributed by atoms with E-state index in [-0.39, 0.29) is 11.8 Å². The van der Waals surface area contributed by atoms with Gasteiger partial charge in [-0.1, -0.05) is 37.6 Å². The van der Waals surface area contributed by atoms with E-state index < -0.39 is 6.04 Å². The van der Waals surface area contributed by atoms with Gasteiger partial charge in [-0.15, -0.1) is 0 Å². The average Bonchev–Trinajstić information content (AvgIpc) is 2.37. The molecule has 1 atom stereocenters. The maximum absolute atomic E-state index is 11.9. The summed E-state index contributed by atoms with van der Waals surface area (Å²) in [6.07, 6.45) is 1.55. The molecule has 1 rings (SSSR count). The summed E-state index contributed by atoms with van der Waals surface area (Å²) in [4.78, 5) is 11.9. The summed E-state index contributed by atoms with van der Waals surface area (Å²) in [5.41, 5.74) is 0.712. The Bertz CT molecular complexity index is 449. The summed E-state index contributed by atoms with van der Waals surface area (Å²) < 4.78 is 0. The molecule has 0 spiro atoms. The van der Waals surface area contributed by atoms with Crippen LogP contribution in [0.1, 0.15) is 38.3 Å². The summed E-state index contributed by atoms with van der Waals surface area (Å²) in [5, 5.41) is 12.5. The second-order valence-electron chi connectivity index (χ2n) is 4.14. The SMILES string of the molecule is CCC(CC)C(=O)NC(C#N)c1cccc(Cl)c1. The lowest BCUT2D eigenvalue weighted by molar-refractivity contribution is -0.125. The fraction of sp³-hybridized carbons (Fsp3) is 0.429. The predicted molar refractivity (Wildman–Crippen MR) is 72.0 cm³/mol. The molecule has 1 unspecified atom stereocenters. The van der Waals surface area contributed by atoms with Gasteiger partial charge in [-0.2, -0.15) is 5.26 Å². The van der Waals surface area contributed by atoms with Crippen molar-refractivity contribution in [1.82, 2.24) is 5.32 Å². The quantitative estimate of drug-likeness (QED) is 0.885. The summed E-state index contributed by atoms with van der Waals surface area (Å²) in [6, 6.07) is 8.44. The van der Waals surface area contributed by atoms with Crippen molar-refractivity contribution in [3.63, 3.8) is 0 Å². The van der Waals surface area contributed by atoms with Gasteiger partial charge in [0, 0.05) is 10.9 Å². The van der Waals surface area contributed by atoms with Gasteiger partial charge in [0.05, 0.1) is 6.07 Å². The Labute approximate surface area is 113 Å². The van der Waals surface area contributed by atoms with E-state index in [9.17, 15) is 4.79 Å². The molecule has 0 aliphatic carbocycles. The minimum absolute atomic E-state index is 0.0416. The molecule has 0 aliphatic rings. The molecule has 1 N–H and O–H groups in total. The van der Waals surface area contributed by atoms with E-state index in [2.05, 4.69) is 11.4 Å². The van der Waals surface area contributed by atoms with Crippen molar-refractivity contribution in [1.29, 1.82) is 5.26 Å². The molecule has 0 fully saturated rings. The van der Waals surface area contributed by atoms with Crippen LogP contribution in [0.3, 0.4) is 0 Å². The van der Waals surface area contributed by atoms with Gasteiger partial charge in [-0.3, -0.25) is 4.79 Å². The lowest BCUT2D eigenvalue weighted by atomic mass is 10.0. The molecular weight excluding hydrogens is 248 g/mol. The van der Waals surface area contributed by atoms with Crippen LogP contribution in [0.25, 0.3) is 0 Å². The number of hydrogen-bond donors (Lipinski definition) is 1. The van der Waals surface area contributed by atoms with Crippen molar-refractivity contribution in [3.05, 3.63) is 34.9 Å². The highest BCUT2D eigenvalue weighted by Crippen LogP contribution is 2.18. The third-order valence-corrected chi connectivity index (χ3v) is 3.19. The van der Waals surface area contributed by atoms with E-state index in [1.165, 1.54) is 0 Å². The number of halogens is 1. The number of amides is 1. The molecular formula is C14H17ClN2O. The van der Waals surface area contributed by atoms with Gasteiger partial charge < -0.3 is 5.32 Å². The van der Waals surface area contributed by atoms with Crippen LogP contribution >= 0.6 is 11.6 Å². The molecule has 1 aromatic carbocycles. The Morgan fingerprint density at radius 1 is 1.44 bits per heavy atom. The molecule has 0 heterocycles. The summed E-state index contributed by atoms with van der Waals surface area (Å²) in [7, 11) is 0. The first-order valence-electron chi connectivity index (χ1n) is 6.07. The lowest BCUT2D eigenvalue weighted by Crippen LogP contribution is -2.33. The fourth-order valence-corrected chi connectivity index (χ4v) is 1.99. The van der Waals surface area contributed by atoms with Gasteiger partial charge in [-0.05, 0) is 30.5 Å². The van der Waals surface area contributed by atoms with Crippen molar-refractivity contribution < 1.29 is 4.79 Å². The molecule has 0 saturated carbocycles. The van der Waals surface area contributed by atoms with Gasteiger partial charge in [0.2, 0.25) is 5.91 Å². The summed E-state index contributed by atoms with van der Waals surface area (Å²) in [5.74, 6) is -0.119. The molecule has 1 aromatic rings. The molecule has 0 saturated heterocycles. The van der Waals surface area contributed by atoms with Crippen molar-refractivity contribution in [2.75, 3.05) is 0 Å². The highest BCUT2D eigenvalue weighted by molar-refractivity contribution is 6.30. The Morgan fingerprint density at radius 2 is 2.11 bits per heavy atom. The standard InChI is InChI=1S/C14H17ClN2O/c1-3-10(4-2)14(18)17-13(9-16)11-6-5-7-12(15)8-11/h5-8,10,13H,3-4H2,1-2H3,(H,17,18). The number of hydrogen-bond acceptors (Lipinski definition) is 2.